The maximum Gasteiger partial charge on any atom is 0.326 e. The Morgan fingerprint density at radius 1 is 0.818 bits per heavy atom. The van der Waals surface area contributed by atoms with Gasteiger partial charge in [-0.25, -0.2) is 14.8 Å². The number of nitrogens with two attached hydrogens (primary N) is 3. The Morgan fingerprint density at radius 3 is 1.82 bits per heavy atom. The van der Waals surface area contributed by atoms with Gasteiger partial charge in [-0.3, -0.25) is 29.0 Å². The molecule has 0 aromatic carbocycles. The van der Waals surface area contributed by atoms with Crippen molar-refractivity contribution in [2.24, 2.45) is 34.0 Å². The fraction of sp³-hybridized carbons (Fsp3) is 0.629. The number of aromatic amines is 2. The molecule has 0 saturated carbocycles. The molecule has 3 rings (SSSR count). The van der Waals surface area contributed by atoms with Crippen molar-refractivity contribution >= 4 is 41.5 Å². The van der Waals surface area contributed by atoms with Crippen LogP contribution in [0.5, 0.6) is 0 Å². The van der Waals surface area contributed by atoms with E-state index in [-0.39, 0.29) is 69.4 Å². The molecular formula is C35H57N13O7. The van der Waals surface area contributed by atoms with E-state index in [4.69, 9.17) is 17.2 Å². The number of aliphatic carboxylic acids is 1. The largest absolute Gasteiger partial charge is 0.480 e. The molecule has 2 aromatic rings. The number of rotatable bonds is 22. The van der Waals surface area contributed by atoms with E-state index in [9.17, 15) is 33.9 Å². The zero-order valence-electron chi connectivity index (χ0n) is 31.9. The topological polar surface area (TPSA) is 322 Å². The van der Waals surface area contributed by atoms with Crippen LogP contribution in [0.15, 0.2) is 30.0 Å². The van der Waals surface area contributed by atoms with E-state index >= 15 is 0 Å². The lowest BCUT2D eigenvalue weighted by Crippen LogP contribution is -2.60. The number of carbonyl (C=O) groups is 6. The number of nitrogens with one attached hydrogen (secondary N) is 6. The van der Waals surface area contributed by atoms with Gasteiger partial charge >= 0.3 is 5.97 Å². The van der Waals surface area contributed by atoms with Gasteiger partial charge in [0, 0.05) is 49.7 Å². The van der Waals surface area contributed by atoms with Crippen LogP contribution in [0.25, 0.3) is 0 Å². The lowest BCUT2D eigenvalue weighted by atomic mass is 9.99. The molecule has 5 amide bonds. The summed E-state index contributed by atoms with van der Waals surface area (Å²) in [5, 5.41) is 20.7. The molecule has 20 nitrogen and oxygen atoms in total. The third-order valence-corrected chi connectivity index (χ3v) is 9.00. The van der Waals surface area contributed by atoms with Crippen LogP contribution in [0, 0.1) is 11.8 Å². The highest BCUT2D eigenvalue weighted by Crippen LogP contribution is 2.20. The van der Waals surface area contributed by atoms with Gasteiger partial charge in [-0.05, 0) is 50.4 Å². The zero-order valence-corrected chi connectivity index (χ0v) is 31.9. The van der Waals surface area contributed by atoms with Gasteiger partial charge in [0.1, 0.15) is 30.2 Å². The highest BCUT2D eigenvalue weighted by atomic mass is 16.4. The van der Waals surface area contributed by atoms with Crippen molar-refractivity contribution < 1.29 is 33.9 Å². The first-order chi connectivity index (χ1) is 26.0. The standard InChI is InChI=1S/C35H57N13O7/c1-19(2)11-25(30(50)44-24(7-5-9-41-35(37)38)33(53)48-10-6-8-28(48)34(54)55)46-31(51)26(12-20(3)4)47-32(52)27(14-22-16-40-18-43-22)45-29(49)23(36)13-21-15-39-17-42-21/h15-20,23-28H,5-14,36H2,1-4H3,(H,39,42)(H,40,43)(H,44,50)(H,45,49)(H,46,51)(H,47,52)(H,54,55)(H4,37,38,41)/t23-,24-,25-,26-,27-,28-/m0/s1. The van der Waals surface area contributed by atoms with E-state index in [0.29, 0.717) is 24.2 Å². The molecule has 20 heteroatoms. The van der Waals surface area contributed by atoms with Gasteiger partial charge in [0.05, 0.1) is 18.7 Å². The second-order valence-corrected chi connectivity index (χ2v) is 14.6. The first kappa shape index (κ1) is 43.9. The van der Waals surface area contributed by atoms with Crippen molar-refractivity contribution in [3.63, 3.8) is 0 Å². The quantitative estimate of drug-likeness (QED) is 0.0368. The van der Waals surface area contributed by atoms with E-state index in [1.54, 1.807) is 6.20 Å². The summed E-state index contributed by atoms with van der Waals surface area (Å²) in [6.45, 7) is 7.84. The maximum absolute atomic E-state index is 14.0. The van der Waals surface area contributed by atoms with Gasteiger partial charge < -0.3 is 58.4 Å². The SMILES string of the molecule is CC(C)C[C@H](NC(=O)[C@H](Cc1cnc[nH]1)NC(=O)[C@@H](N)Cc1cnc[nH]1)C(=O)N[C@@H](CC(C)C)C(=O)N[C@@H](CCCN=C(N)N)C(=O)N1CCC[C@H]1C(=O)O. The number of hydrogen-bond donors (Lipinski definition) is 10. The molecule has 0 spiro atoms. The van der Waals surface area contributed by atoms with Crippen LogP contribution in [-0.2, 0) is 41.6 Å². The Balaban J connectivity index is 1.80. The molecule has 3 heterocycles. The third kappa shape index (κ3) is 14.3. The van der Waals surface area contributed by atoms with E-state index in [1.807, 2.05) is 27.7 Å². The number of imidazole rings is 2. The van der Waals surface area contributed by atoms with Crippen molar-refractivity contribution in [2.75, 3.05) is 13.1 Å². The predicted molar refractivity (Wildman–Crippen MR) is 201 cm³/mol. The lowest BCUT2D eigenvalue weighted by Gasteiger charge is -2.30. The average Bonchev–Trinajstić information content (AvgIpc) is 3.92. The Bertz CT molecular complexity index is 1590. The van der Waals surface area contributed by atoms with Crippen LogP contribution in [0.2, 0.25) is 0 Å². The lowest BCUT2D eigenvalue weighted by molar-refractivity contribution is -0.149. The molecule has 0 unspecified atom stereocenters. The van der Waals surface area contributed by atoms with Crippen LogP contribution in [0.4, 0.5) is 0 Å². The second kappa shape index (κ2) is 21.4. The summed E-state index contributed by atoms with van der Waals surface area (Å²) in [7, 11) is 0. The predicted octanol–water partition coefficient (Wildman–Crippen LogP) is -1.59. The summed E-state index contributed by atoms with van der Waals surface area (Å²) in [5.41, 5.74) is 18.2. The van der Waals surface area contributed by atoms with Gasteiger partial charge in [-0.15, -0.1) is 0 Å². The minimum absolute atomic E-state index is 0.0150. The monoisotopic (exact) mass is 771 g/mol. The smallest absolute Gasteiger partial charge is 0.326 e. The number of carboxylic acids is 1. The normalized spacial score (nSPS) is 16.8. The van der Waals surface area contributed by atoms with Crippen LogP contribution in [0.1, 0.15) is 77.6 Å². The molecule has 1 saturated heterocycles. The summed E-state index contributed by atoms with van der Waals surface area (Å²) >= 11 is 0. The highest BCUT2D eigenvalue weighted by molar-refractivity contribution is 5.96. The number of amides is 5. The Labute approximate surface area is 320 Å². The number of nitrogens with zero attached hydrogens (tertiary/aromatic N) is 4. The Morgan fingerprint density at radius 2 is 1.33 bits per heavy atom. The molecule has 1 fully saturated rings. The number of carbonyl (C=O) groups excluding carboxylic acids is 5. The first-order valence-electron chi connectivity index (χ1n) is 18.6. The maximum atomic E-state index is 14.0. The molecule has 0 aliphatic carbocycles. The second-order valence-electron chi connectivity index (χ2n) is 14.6. The van der Waals surface area contributed by atoms with Crippen molar-refractivity contribution in [3.05, 3.63) is 36.4 Å². The van der Waals surface area contributed by atoms with Gasteiger partial charge in [0.2, 0.25) is 29.5 Å². The zero-order chi connectivity index (χ0) is 40.7. The van der Waals surface area contributed by atoms with E-state index < -0.39 is 71.8 Å². The molecule has 1 aliphatic rings. The number of hydrogen-bond acceptors (Lipinski definition) is 10. The van der Waals surface area contributed by atoms with Crippen LogP contribution in [0.3, 0.4) is 0 Å². The molecule has 6 atom stereocenters. The minimum atomic E-state index is -1.15. The van der Waals surface area contributed by atoms with Crippen molar-refractivity contribution in [1.82, 2.24) is 46.1 Å². The number of guanidine groups is 1. The van der Waals surface area contributed by atoms with Gasteiger partial charge in [0.25, 0.3) is 0 Å². The van der Waals surface area contributed by atoms with E-state index in [1.165, 1.54) is 23.8 Å². The first-order valence-corrected chi connectivity index (χ1v) is 18.6. The molecular weight excluding hydrogens is 714 g/mol. The number of aromatic nitrogens is 4. The summed E-state index contributed by atoms with van der Waals surface area (Å²) in [4.78, 5) is 99.3. The summed E-state index contributed by atoms with van der Waals surface area (Å²) < 4.78 is 0. The van der Waals surface area contributed by atoms with Gasteiger partial charge in [-0.1, -0.05) is 27.7 Å². The number of carboxylic acid groups (broad SMARTS) is 1. The molecule has 55 heavy (non-hydrogen) atoms. The summed E-state index contributed by atoms with van der Waals surface area (Å²) in [6, 6.07) is -6.54. The van der Waals surface area contributed by atoms with Crippen molar-refractivity contribution in [1.29, 1.82) is 0 Å². The summed E-state index contributed by atoms with van der Waals surface area (Å²) in [5.74, 6) is -4.55. The van der Waals surface area contributed by atoms with E-state index in [0.717, 1.165) is 0 Å². The molecule has 1 aliphatic heterocycles. The van der Waals surface area contributed by atoms with Crippen molar-refractivity contribution in [3.8, 4) is 0 Å². The molecule has 304 valence electrons. The van der Waals surface area contributed by atoms with Crippen LogP contribution >= 0.6 is 0 Å². The van der Waals surface area contributed by atoms with Gasteiger partial charge in [-0.2, -0.15) is 0 Å². The minimum Gasteiger partial charge on any atom is -0.480 e. The number of likely N-dealkylation sites (tertiary alicyclic amines) is 1. The number of H-pyrrole nitrogens is 2. The third-order valence-electron chi connectivity index (χ3n) is 9.00. The van der Waals surface area contributed by atoms with Gasteiger partial charge in [0.15, 0.2) is 5.96 Å². The van der Waals surface area contributed by atoms with Crippen LogP contribution < -0.4 is 38.5 Å². The Kier molecular flexibility index (Phi) is 17.1. The fourth-order valence-electron chi connectivity index (χ4n) is 6.30. The molecule has 13 N–H and O–H groups in total. The molecule has 0 radical (unpaired) electrons. The molecule has 2 aromatic heterocycles. The summed E-state index contributed by atoms with van der Waals surface area (Å²) in [6.07, 6.45) is 7.66. The van der Waals surface area contributed by atoms with Crippen molar-refractivity contribution in [2.45, 2.75) is 115 Å². The molecule has 0 bridgehead atoms. The number of aliphatic imine (C=N–C) groups is 1. The van der Waals surface area contributed by atoms with Crippen LogP contribution in [-0.4, -0.2) is 121 Å². The highest BCUT2D eigenvalue weighted by Gasteiger charge is 2.39. The fourth-order valence-corrected chi connectivity index (χ4v) is 6.30. The van der Waals surface area contributed by atoms with E-state index in [2.05, 4.69) is 46.2 Å². The average molecular weight is 772 g/mol. The Hall–Kier alpha value is -5.53.